The number of carbonyl (C=O) groups excluding carboxylic acids is 1. The van der Waals surface area contributed by atoms with E-state index < -0.39 is 5.60 Å². The van der Waals surface area contributed by atoms with Gasteiger partial charge in [0.2, 0.25) is 5.91 Å². The van der Waals surface area contributed by atoms with Crippen LogP contribution in [0.3, 0.4) is 0 Å². The molecule has 5 nitrogen and oxygen atoms in total. The van der Waals surface area contributed by atoms with Gasteiger partial charge in [0.25, 0.3) is 0 Å². The number of amidine groups is 1. The number of amides is 1. The molecule has 1 amide bonds. The number of rotatable bonds is 4. The molecule has 1 N–H and O–H groups in total. The third-order valence-electron chi connectivity index (χ3n) is 3.51. The fourth-order valence-corrected chi connectivity index (χ4v) is 2.39. The first kappa shape index (κ1) is 12.5. The number of methoxy groups -OCH3 is 1. The fraction of sp³-hybridized carbons (Fsp3) is 0.833. The Labute approximate surface area is 102 Å². The maximum Gasteiger partial charge on any atom is 0.250 e. The average molecular weight is 240 g/mol. The SMILES string of the molecule is CCCC1N=C(C2(OC)CCOCC2)NC1=O. The largest absolute Gasteiger partial charge is 0.381 e. The van der Waals surface area contributed by atoms with Crippen molar-refractivity contribution in [3.8, 4) is 0 Å². The lowest BCUT2D eigenvalue weighted by atomic mass is 9.92. The minimum Gasteiger partial charge on any atom is -0.381 e. The lowest BCUT2D eigenvalue weighted by Crippen LogP contribution is -2.51. The highest BCUT2D eigenvalue weighted by atomic mass is 16.5. The van der Waals surface area contributed by atoms with Crippen LogP contribution in [0.25, 0.3) is 0 Å². The monoisotopic (exact) mass is 240 g/mol. The van der Waals surface area contributed by atoms with Crippen LogP contribution in [0.1, 0.15) is 32.6 Å². The van der Waals surface area contributed by atoms with Crippen molar-refractivity contribution in [2.75, 3.05) is 20.3 Å². The van der Waals surface area contributed by atoms with Gasteiger partial charge in [-0.15, -0.1) is 0 Å². The van der Waals surface area contributed by atoms with Crippen LogP contribution in [0.15, 0.2) is 4.99 Å². The second-order valence-corrected chi connectivity index (χ2v) is 4.58. The van der Waals surface area contributed by atoms with Crippen LogP contribution < -0.4 is 5.32 Å². The number of ether oxygens (including phenoxy) is 2. The number of hydrogen-bond donors (Lipinski definition) is 1. The molecule has 2 heterocycles. The maximum atomic E-state index is 11.8. The van der Waals surface area contributed by atoms with Crippen molar-refractivity contribution >= 4 is 11.7 Å². The molecular weight excluding hydrogens is 220 g/mol. The Balaban J connectivity index is 2.15. The topological polar surface area (TPSA) is 59.9 Å². The van der Waals surface area contributed by atoms with Crippen molar-refractivity contribution in [3.63, 3.8) is 0 Å². The first-order valence-corrected chi connectivity index (χ1v) is 6.24. The van der Waals surface area contributed by atoms with Crippen molar-refractivity contribution in [3.05, 3.63) is 0 Å². The molecule has 2 aliphatic heterocycles. The van der Waals surface area contributed by atoms with Crippen LogP contribution >= 0.6 is 0 Å². The van der Waals surface area contributed by atoms with Gasteiger partial charge in [0.15, 0.2) is 0 Å². The molecule has 0 aliphatic carbocycles. The van der Waals surface area contributed by atoms with E-state index >= 15 is 0 Å². The molecule has 0 aromatic carbocycles. The molecule has 1 unspecified atom stereocenters. The van der Waals surface area contributed by atoms with Gasteiger partial charge < -0.3 is 14.8 Å². The molecule has 2 aliphatic rings. The molecule has 17 heavy (non-hydrogen) atoms. The van der Waals surface area contributed by atoms with Gasteiger partial charge in [-0.25, -0.2) is 0 Å². The van der Waals surface area contributed by atoms with E-state index in [1.807, 2.05) is 0 Å². The van der Waals surface area contributed by atoms with Gasteiger partial charge in [-0.2, -0.15) is 0 Å². The van der Waals surface area contributed by atoms with Crippen LogP contribution in [-0.4, -0.2) is 43.7 Å². The van der Waals surface area contributed by atoms with Crippen LogP contribution in [-0.2, 0) is 14.3 Å². The molecule has 0 aromatic rings. The third kappa shape index (κ3) is 2.35. The highest BCUT2D eigenvalue weighted by molar-refractivity contribution is 6.09. The quantitative estimate of drug-likeness (QED) is 0.793. The molecule has 0 spiro atoms. The number of aliphatic imine (C=N–C) groups is 1. The lowest BCUT2D eigenvalue weighted by molar-refractivity contribution is -0.120. The third-order valence-corrected chi connectivity index (χ3v) is 3.51. The molecule has 0 aromatic heterocycles. The van der Waals surface area contributed by atoms with E-state index in [0.717, 1.165) is 25.7 Å². The fourth-order valence-electron chi connectivity index (χ4n) is 2.39. The standard InChI is InChI=1S/C12H20N2O3/c1-3-4-9-10(15)14-11(13-9)12(16-2)5-7-17-8-6-12/h9H,3-8H2,1-2H3,(H,13,14,15). The zero-order chi connectivity index (χ0) is 12.3. The Morgan fingerprint density at radius 2 is 2.24 bits per heavy atom. The van der Waals surface area contributed by atoms with Gasteiger partial charge in [0.1, 0.15) is 17.5 Å². The normalized spacial score (nSPS) is 27.8. The van der Waals surface area contributed by atoms with Crippen LogP contribution in [0, 0.1) is 0 Å². The van der Waals surface area contributed by atoms with E-state index in [1.165, 1.54) is 0 Å². The molecule has 0 radical (unpaired) electrons. The Bertz CT molecular complexity index is 322. The minimum absolute atomic E-state index is 0.00441. The molecule has 96 valence electrons. The van der Waals surface area contributed by atoms with Crippen molar-refractivity contribution < 1.29 is 14.3 Å². The molecule has 1 fully saturated rings. The van der Waals surface area contributed by atoms with Crippen molar-refractivity contribution in [1.82, 2.24) is 5.32 Å². The molecule has 2 rings (SSSR count). The van der Waals surface area contributed by atoms with Crippen molar-refractivity contribution in [2.45, 2.75) is 44.2 Å². The molecule has 5 heteroatoms. The summed E-state index contributed by atoms with van der Waals surface area (Å²) < 4.78 is 11.0. The van der Waals surface area contributed by atoms with Crippen LogP contribution in [0.2, 0.25) is 0 Å². The van der Waals surface area contributed by atoms with Gasteiger partial charge in [-0.3, -0.25) is 9.79 Å². The van der Waals surface area contributed by atoms with E-state index in [0.29, 0.717) is 19.0 Å². The summed E-state index contributed by atoms with van der Waals surface area (Å²) in [6.45, 7) is 3.36. The zero-order valence-electron chi connectivity index (χ0n) is 10.5. The molecular formula is C12H20N2O3. The number of carbonyl (C=O) groups is 1. The second-order valence-electron chi connectivity index (χ2n) is 4.58. The van der Waals surface area contributed by atoms with Gasteiger partial charge in [0, 0.05) is 33.2 Å². The predicted molar refractivity (Wildman–Crippen MR) is 64.1 cm³/mol. The van der Waals surface area contributed by atoms with Crippen molar-refractivity contribution in [1.29, 1.82) is 0 Å². The number of nitrogens with one attached hydrogen (secondary N) is 1. The zero-order valence-corrected chi connectivity index (χ0v) is 10.5. The smallest absolute Gasteiger partial charge is 0.250 e. The summed E-state index contributed by atoms with van der Waals surface area (Å²) in [6, 6.07) is -0.232. The maximum absolute atomic E-state index is 11.8. The van der Waals surface area contributed by atoms with Gasteiger partial charge in [-0.05, 0) is 6.42 Å². The Morgan fingerprint density at radius 3 is 2.82 bits per heavy atom. The summed E-state index contributed by atoms with van der Waals surface area (Å²) in [5, 5.41) is 2.88. The summed E-state index contributed by atoms with van der Waals surface area (Å²) >= 11 is 0. The van der Waals surface area contributed by atoms with Gasteiger partial charge >= 0.3 is 0 Å². The minimum atomic E-state index is -0.448. The van der Waals surface area contributed by atoms with Crippen LogP contribution in [0.5, 0.6) is 0 Å². The summed E-state index contributed by atoms with van der Waals surface area (Å²) in [5.41, 5.74) is -0.448. The first-order valence-electron chi connectivity index (χ1n) is 6.24. The molecule has 1 atom stereocenters. The van der Waals surface area contributed by atoms with E-state index in [1.54, 1.807) is 7.11 Å². The lowest BCUT2D eigenvalue weighted by Gasteiger charge is -2.35. The average Bonchev–Trinajstić information content (AvgIpc) is 2.73. The highest BCUT2D eigenvalue weighted by Crippen LogP contribution is 2.28. The summed E-state index contributed by atoms with van der Waals surface area (Å²) in [5.74, 6) is 0.705. The van der Waals surface area contributed by atoms with Gasteiger partial charge in [0.05, 0.1) is 0 Å². The summed E-state index contributed by atoms with van der Waals surface area (Å²) in [7, 11) is 1.67. The second kappa shape index (κ2) is 5.14. The van der Waals surface area contributed by atoms with E-state index in [9.17, 15) is 4.79 Å². The van der Waals surface area contributed by atoms with Gasteiger partial charge in [-0.1, -0.05) is 13.3 Å². The Hall–Kier alpha value is -0.940. The van der Waals surface area contributed by atoms with Crippen molar-refractivity contribution in [2.24, 2.45) is 4.99 Å². The number of hydrogen-bond acceptors (Lipinski definition) is 4. The molecule has 0 bridgehead atoms. The Kier molecular flexibility index (Phi) is 3.79. The van der Waals surface area contributed by atoms with Crippen LogP contribution in [0.4, 0.5) is 0 Å². The number of nitrogens with zero attached hydrogens (tertiary/aromatic N) is 1. The molecule has 1 saturated heterocycles. The first-order chi connectivity index (χ1) is 8.22. The summed E-state index contributed by atoms with van der Waals surface area (Å²) in [4.78, 5) is 16.3. The summed E-state index contributed by atoms with van der Waals surface area (Å²) in [6.07, 6.45) is 3.26. The Morgan fingerprint density at radius 1 is 1.53 bits per heavy atom. The van der Waals surface area contributed by atoms with E-state index in [4.69, 9.17) is 9.47 Å². The molecule has 0 saturated carbocycles. The highest BCUT2D eigenvalue weighted by Gasteiger charge is 2.42. The van der Waals surface area contributed by atoms with E-state index in [-0.39, 0.29) is 11.9 Å². The van der Waals surface area contributed by atoms with E-state index in [2.05, 4.69) is 17.2 Å². The predicted octanol–water partition coefficient (Wildman–Crippen LogP) is 0.879.